The van der Waals surface area contributed by atoms with Crippen LogP contribution in [-0.2, 0) is 0 Å². The second-order valence-electron chi connectivity index (χ2n) is 4.13. The highest BCUT2D eigenvalue weighted by atomic mass is 35.5. The molecule has 0 radical (unpaired) electrons. The van der Waals surface area contributed by atoms with Gasteiger partial charge < -0.3 is 0 Å². The van der Waals surface area contributed by atoms with Crippen LogP contribution in [0.5, 0.6) is 0 Å². The summed E-state index contributed by atoms with van der Waals surface area (Å²) in [5.41, 5.74) is 1.71. The highest BCUT2D eigenvalue weighted by Crippen LogP contribution is 2.30. The molecule has 2 aromatic rings. The number of hydrogen-bond acceptors (Lipinski definition) is 2. The SMILES string of the molecule is Cc1cc(C(=O)C(Cl)c2ccc(F)cc2)sc1C. The van der Waals surface area contributed by atoms with Crippen LogP contribution in [0.15, 0.2) is 30.3 Å². The Kier molecular flexibility index (Phi) is 3.83. The van der Waals surface area contributed by atoms with E-state index in [2.05, 4.69) is 0 Å². The van der Waals surface area contributed by atoms with Crippen molar-refractivity contribution in [1.29, 1.82) is 0 Å². The van der Waals surface area contributed by atoms with Crippen LogP contribution in [0.3, 0.4) is 0 Å². The van der Waals surface area contributed by atoms with Gasteiger partial charge in [0.1, 0.15) is 11.2 Å². The van der Waals surface area contributed by atoms with Gasteiger partial charge in [0.25, 0.3) is 0 Å². The number of hydrogen-bond donors (Lipinski definition) is 0. The van der Waals surface area contributed by atoms with Crippen molar-refractivity contribution in [1.82, 2.24) is 0 Å². The van der Waals surface area contributed by atoms with Gasteiger partial charge in [-0.15, -0.1) is 22.9 Å². The first-order valence-corrected chi connectivity index (χ1v) is 6.75. The van der Waals surface area contributed by atoms with Crippen LogP contribution in [0.1, 0.15) is 31.1 Å². The Labute approximate surface area is 114 Å². The molecule has 2 rings (SSSR count). The van der Waals surface area contributed by atoms with Crippen molar-refractivity contribution in [2.75, 3.05) is 0 Å². The summed E-state index contributed by atoms with van der Waals surface area (Å²) in [7, 11) is 0. The van der Waals surface area contributed by atoms with E-state index in [1.807, 2.05) is 19.9 Å². The third kappa shape index (κ3) is 2.62. The lowest BCUT2D eigenvalue weighted by Gasteiger charge is -2.07. The molecule has 4 heteroatoms. The first-order chi connectivity index (χ1) is 8.49. The Balaban J connectivity index is 2.26. The predicted octanol–water partition coefficient (Wildman–Crippen LogP) is 4.67. The van der Waals surface area contributed by atoms with Crippen molar-refractivity contribution < 1.29 is 9.18 Å². The van der Waals surface area contributed by atoms with Gasteiger partial charge in [-0.2, -0.15) is 0 Å². The van der Waals surface area contributed by atoms with Gasteiger partial charge in [0, 0.05) is 4.88 Å². The highest BCUT2D eigenvalue weighted by molar-refractivity contribution is 7.14. The molecule has 0 aliphatic rings. The number of ketones is 1. The third-order valence-corrected chi connectivity index (χ3v) is 4.42. The minimum absolute atomic E-state index is 0.135. The van der Waals surface area contributed by atoms with Crippen LogP contribution in [0, 0.1) is 19.7 Å². The van der Waals surface area contributed by atoms with E-state index in [1.54, 1.807) is 0 Å². The maximum absolute atomic E-state index is 12.8. The predicted molar refractivity (Wildman–Crippen MR) is 73.1 cm³/mol. The topological polar surface area (TPSA) is 17.1 Å². The molecule has 0 spiro atoms. The number of carbonyl (C=O) groups excluding carboxylic acids is 1. The first-order valence-electron chi connectivity index (χ1n) is 5.50. The van der Waals surface area contributed by atoms with Gasteiger partial charge in [0.2, 0.25) is 0 Å². The average Bonchev–Trinajstić information content (AvgIpc) is 2.69. The van der Waals surface area contributed by atoms with Crippen molar-refractivity contribution >= 4 is 28.7 Å². The second-order valence-corrected chi connectivity index (χ2v) is 5.82. The zero-order valence-electron chi connectivity index (χ0n) is 10.0. The van der Waals surface area contributed by atoms with E-state index >= 15 is 0 Å². The number of benzene rings is 1. The second kappa shape index (κ2) is 5.21. The lowest BCUT2D eigenvalue weighted by molar-refractivity contribution is 0.0991. The van der Waals surface area contributed by atoms with E-state index in [9.17, 15) is 9.18 Å². The lowest BCUT2D eigenvalue weighted by Crippen LogP contribution is -2.05. The Morgan fingerprint density at radius 1 is 1.28 bits per heavy atom. The number of alkyl halides is 1. The maximum atomic E-state index is 12.8. The zero-order valence-corrected chi connectivity index (χ0v) is 11.6. The Bertz CT molecular complexity index is 554. The van der Waals surface area contributed by atoms with Crippen LogP contribution in [-0.4, -0.2) is 5.78 Å². The van der Waals surface area contributed by atoms with Crippen LogP contribution in [0.4, 0.5) is 4.39 Å². The van der Waals surface area contributed by atoms with Crippen LogP contribution in [0.25, 0.3) is 0 Å². The fourth-order valence-electron chi connectivity index (χ4n) is 1.60. The summed E-state index contributed by atoms with van der Waals surface area (Å²) in [4.78, 5) is 13.9. The lowest BCUT2D eigenvalue weighted by atomic mass is 10.1. The first kappa shape index (κ1) is 13.2. The number of aryl methyl sites for hydroxylation is 2. The van der Waals surface area contributed by atoms with Crippen LogP contribution >= 0.6 is 22.9 Å². The molecule has 0 aliphatic carbocycles. The van der Waals surface area contributed by atoms with Crippen molar-refractivity contribution in [3.63, 3.8) is 0 Å². The van der Waals surface area contributed by atoms with Gasteiger partial charge >= 0.3 is 0 Å². The summed E-state index contributed by atoms with van der Waals surface area (Å²) in [5, 5.41) is -0.761. The highest BCUT2D eigenvalue weighted by Gasteiger charge is 2.21. The van der Waals surface area contributed by atoms with E-state index < -0.39 is 5.38 Å². The Morgan fingerprint density at radius 3 is 2.39 bits per heavy atom. The molecule has 0 bridgehead atoms. The molecule has 94 valence electrons. The molecule has 0 amide bonds. The van der Waals surface area contributed by atoms with Crippen LogP contribution < -0.4 is 0 Å². The van der Waals surface area contributed by atoms with Crippen molar-refractivity contribution in [3.05, 3.63) is 57.0 Å². The summed E-state index contributed by atoms with van der Waals surface area (Å²) < 4.78 is 12.8. The molecule has 1 aromatic carbocycles. The van der Waals surface area contributed by atoms with E-state index in [1.165, 1.54) is 35.6 Å². The standard InChI is InChI=1S/C14H12ClFOS/c1-8-7-12(18-9(8)2)14(17)13(15)10-3-5-11(16)6-4-10/h3-7,13H,1-2H3. The Hall–Kier alpha value is -1.19. The van der Waals surface area contributed by atoms with E-state index in [0.717, 1.165) is 10.4 Å². The molecule has 0 saturated carbocycles. The van der Waals surface area contributed by atoms with Crippen molar-refractivity contribution in [2.45, 2.75) is 19.2 Å². The summed E-state index contributed by atoms with van der Waals surface area (Å²) in [6, 6.07) is 7.55. The Morgan fingerprint density at radius 2 is 1.89 bits per heavy atom. The minimum Gasteiger partial charge on any atom is -0.291 e. The smallest absolute Gasteiger partial charge is 0.195 e. The molecular formula is C14H12ClFOS. The van der Waals surface area contributed by atoms with E-state index in [0.29, 0.717) is 10.4 Å². The molecule has 1 heterocycles. The molecule has 1 unspecified atom stereocenters. The summed E-state index contributed by atoms with van der Waals surface area (Å²) in [5.74, 6) is -0.470. The van der Waals surface area contributed by atoms with Gasteiger partial charge in [0.05, 0.1) is 4.88 Å². The van der Waals surface area contributed by atoms with E-state index in [-0.39, 0.29) is 11.6 Å². The van der Waals surface area contributed by atoms with Crippen molar-refractivity contribution in [3.8, 4) is 0 Å². The van der Waals surface area contributed by atoms with Crippen LogP contribution in [0.2, 0.25) is 0 Å². The average molecular weight is 283 g/mol. The summed E-state index contributed by atoms with van der Waals surface area (Å²) in [6.45, 7) is 3.93. The van der Waals surface area contributed by atoms with Gasteiger partial charge in [-0.05, 0) is 43.2 Å². The van der Waals surface area contributed by atoms with Gasteiger partial charge in [0.15, 0.2) is 5.78 Å². The quantitative estimate of drug-likeness (QED) is 0.591. The number of Topliss-reactive ketones (excluding diaryl/α,β-unsaturated/α-hetero) is 1. The summed E-state index contributed by atoms with van der Waals surface area (Å²) in [6.07, 6.45) is 0. The molecule has 0 aliphatic heterocycles. The monoisotopic (exact) mass is 282 g/mol. The van der Waals surface area contributed by atoms with E-state index in [4.69, 9.17) is 11.6 Å². The summed E-state index contributed by atoms with van der Waals surface area (Å²) >= 11 is 7.58. The third-order valence-electron chi connectivity index (χ3n) is 2.80. The maximum Gasteiger partial charge on any atom is 0.195 e. The number of rotatable bonds is 3. The molecule has 1 atom stereocenters. The number of thiophene rings is 1. The zero-order chi connectivity index (χ0) is 13.3. The largest absolute Gasteiger partial charge is 0.291 e. The molecule has 1 aromatic heterocycles. The molecule has 0 N–H and O–H groups in total. The van der Waals surface area contributed by atoms with Gasteiger partial charge in [-0.25, -0.2) is 4.39 Å². The number of halogens is 2. The van der Waals surface area contributed by atoms with Gasteiger partial charge in [-0.3, -0.25) is 4.79 Å². The van der Waals surface area contributed by atoms with Crippen molar-refractivity contribution in [2.24, 2.45) is 0 Å². The molecule has 0 saturated heterocycles. The normalized spacial score (nSPS) is 12.4. The molecular weight excluding hydrogens is 271 g/mol. The molecule has 0 fully saturated rings. The van der Waals surface area contributed by atoms with Gasteiger partial charge in [-0.1, -0.05) is 12.1 Å². The molecule has 18 heavy (non-hydrogen) atoms. The fourth-order valence-corrected chi connectivity index (χ4v) is 2.93. The number of carbonyl (C=O) groups is 1. The minimum atomic E-state index is -0.761. The fraction of sp³-hybridized carbons (Fsp3) is 0.214. The molecule has 1 nitrogen and oxygen atoms in total.